The maximum absolute atomic E-state index is 13.1. The van der Waals surface area contributed by atoms with E-state index in [0.717, 1.165) is 24.1 Å². The van der Waals surface area contributed by atoms with Crippen molar-refractivity contribution in [2.45, 2.75) is 45.2 Å². The molecule has 104 valence electrons. The molecule has 0 radical (unpaired) electrons. The van der Waals surface area contributed by atoms with Crippen LogP contribution in [-0.4, -0.2) is 28.1 Å². The first-order valence-corrected chi connectivity index (χ1v) is 6.73. The number of hydrogen-bond donors (Lipinski definition) is 1. The van der Waals surface area contributed by atoms with E-state index >= 15 is 0 Å². The summed E-state index contributed by atoms with van der Waals surface area (Å²) in [5.74, 6) is -0.991. The molecule has 1 unspecified atom stereocenters. The molecule has 0 spiro atoms. The summed E-state index contributed by atoms with van der Waals surface area (Å²) in [6.07, 6.45) is 2.20. The summed E-state index contributed by atoms with van der Waals surface area (Å²) in [4.78, 5) is 13.6. The zero-order valence-electron chi connectivity index (χ0n) is 11.4. The lowest BCUT2D eigenvalue weighted by Gasteiger charge is -2.34. The molecule has 3 nitrogen and oxygen atoms in total. The van der Waals surface area contributed by atoms with E-state index in [1.807, 2.05) is 18.7 Å². The summed E-state index contributed by atoms with van der Waals surface area (Å²) >= 11 is 0. The van der Waals surface area contributed by atoms with Gasteiger partial charge >= 0.3 is 5.97 Å². The van der Waals surface area contributed by atoms with Crippen LogP contribution in [0.1, 0.15) is 37.3 Å². The largest absolute Gasteiger partial charge is 0.480 e. The van der Waals surface area contributed by atoms with Crippen molar-refractivity contribution in [2.75, 3.05) is 6.54 Å². The summed E-state index contributed by atoms with van der Waals surface area (Å²) in [7, 11) is 0. The highest BCUT2D eigenvalue weighted by Gasteiger charge is 2.45. The van der Waals surface area contributed by atoms with Gasteiger partial charge in [-0.25, -0.2) is 4.39 Å². The molecule has 0 aromatic heterocycles. The van der Waals surface area contributed by atoms with Crippen LogP contribution < -0.4 is 0 Å². The lowest BCUT2D eigenvalue weighted by Crippen LogP contribution is -2.49. The van der Waals surface area contributed by atoms with E-state index in [-0.39, 0.29) is 5.82 Å². The molecule has 1 N–H and O–H groups in total. The third-order valence-electron chi connectivity index (χ3n) is 4.27. The third kappa shape index (κ3) is 2.50. The van der Waals surface area contributed by atoms with Gasteiger partial charge in [-0.1, -0.05) is 13.0 Å². The van der Waals surface area contributed by atoms with Gasteiger partial charge in [0.1, 0.15) is 11.4 Å². The molecule has 1 aliphatic rings. The molecular weight excluding hydrogens is 245 g/mol. The Morgan fingerprint density at radius 1 is 1.53 bits per heavy atom. The van der Waals surface area contributed by atoms with Crippen molar-refractivity contribution in [1.29, 1.82) is 0 Å². The van der Waals surface area contributed by atoms with Gasteiger partial charge in [-0.3, -0.25) is 9.69 Å². The summed E-state index contributed by atoms with van der Waals surface area (Å²) in [6.45, 7) is 5.15. The molecule has 1 atom stereocenters. The number of carboxylic acids is 1. The van der Waals surface area contributed by atoms with Gasteiger partial charge < -0.3 is 5.11 Å². The highest BCUT2D eigenvalue weighted by Crippen LogP contribution is 2.34. The minimum absolute atomic E-state index is 0.248. The van der Waals surface area contributed by atoms with Crippen LogP contribution in [0.3, 0.4) is 0 Å². The van der Waals surface area contributed by atoms with Gasteiger partial charge in [0, 0.05) is 6.54 Å². The predicted octanol–water partition coefficient (Wildman–Crippen LogP) is 2.96. The highest BCUT2D eigenvalue weighted by molar-refractivity contribution is 5.79. The Hall–Kier alpha value is -1.42. The minimum atomic E-state index is -0.749. The number of hydrogen-bond acceptors (Lipinski definition) is 2. The van der Waals surface area contributed by atoms with Crippen LogP contribution >= 0.6 is 0 Å². The number of carboxylic acid groups (broad SMARTS) is 1. The monoisotopic (exact) mass is 265 g/mol. The van der Waals surface area contributed by atoms with E-state index in [2.05, 4.69) is 0 Å². The van der Waals surface area contributed by atoms with Gasteiger partial charge in [-0.05, 0) is 56.0 Å². The molecule has 0 saturated carbocycles. The maximum atomic E-state index is 13.1. The first-order valence-electron chi connectivity index (χ1n) is 6.73. The first-order chi connectivity index (χ1) is 8.99. The van der Waals surface area contributed by atoms with Crippen molar-refractivity contribution >= 4 is 5.97 Å². The number of benzene rings is 1. The molecule has 0 bridgehead atoms. The minimum Gasteiger partial charge on any atom is -0.480 e. The number of rotatable bonds is 4. The quantitative estimate of drug-likeness (QED) is 0.910. The van der Waals surface area contributed by atoms with E-state index in [1.54, 1.807) is 6.07 Å². The number of likely N-dealkylation sites (tertiary alicyclic amines) is 1. The van der Waals surface area contributed by atoms with E-state index in [9.17, 15) is 14.3 Å². The van der Waals surface area contributed by atoms with Crippen LogP contribution in [0.4, 0.5) is 4.39 Å². The predicted molar refractivity (Wildman–Crippen MR) is 71.4 cm³/mol. The van der Waals surface area contributed by atoms with Crippen molar-refractivity contribution in [1.82, 2.24) is 4.90 Å². The number of nitrogens with zero attached hydrogens (tertiary/aromatic N) is 1. The molecule has 19 heavy (non-hydrogen) atoms. The van der Waals surface area contributed by atoms with Crippen molar-refractivity contribution in [3.8, 4) is 0 Å². The van der Waals surface area contributed by atoms with E-state index in [1.165, 1.54) is 12.1 Å². The Morgan fingerprint density at radius 2 is 2.26 bits per heavy atom. The van der Waals surface area contributed by atoms with Crippen molar-refractivity contribution in [3.05, 3.63) is 35.1 Å². The Bertz CT molecular complexity index is 489. The fraction of sp³-hybridized carbons (Fsp3) is 0.533. The van der Waals surface area contributed by atoms with E-state index in [4.69, 9.17) is 0 Å². The topological polar surface area (TPSA) is 40.5 Å². The second-order valence-corrected chi connectivity index (χ2v) is 5.29. The van der Waals surface area contributed by atoms with Crippen LogP contribution in [0.5, 0.6) is 0 Å². The molecule has 0 aliphatic carbocycles. The maximum Gasteiger partial charge on any atom is 0.324 e. The Kier molecular flexibility index (Phi) is 3.90. The molecule has 0 amide bonds. The van der Waals surface area contributed by atoms with Crippen molar-refractivity contribution in [2.24, 2.45) is 0 Å². The fourth-order valence-electron chi connectivity index (χ4n) is 3.00. The fourth-order valence-corrected chi connectivity index (χ4v) is 3.00. The van der Waals surface area contributed by atoms with Gasteiger partial charge in [0.15, 0.2) is 0 Å². The SMILES string of the molecule is CCC1(C(=O)O)CCCN1Cc1ccc(F)cc1C. The van der Waals surface area contributed by atoms with E-state index in [0.29, 0.717) is 19.4 Å². The van der Waals surface area contributed by atoms with Crippen LogP contribution in [0.15, 0.2) is 18.2 Å². The Balaban J connectivity index is 2.24. The zero-order chi connectivity index (χ0) is 14.0. The van der Waals surface area contributed by atoms with Gasteiger partial charge in [0.2, 0.25) is 0 Å². The summed E-state index contributed by atoms with van der Waals surface area (Å²) in [5.41, 5.74) is 1.13. The summed E-state index contributed by atoms with van der Waals surface area (Å²) in [6, 6.07) is 4.69. The van der Waals surface area contributed by atoms with Crippen molar-refractivity contribution < 1.29 is 14.3 Å². The molecule has 1 aromatic rings. The highest BCUT2D eigenvalue weighted by atomic mass is 19.1. The summed E-state index contributed by atoms with van der Waals surface area (Å²) < 4.78 is 13.1. The first kappa shape index (κ1) is 14.0. The second kappa shape index (κ2) is 5.29. The molecule has 1 aromatic carbocycles. The normalized spacial score (nSPS) is 23.7. The van der Waals surface area contributed by atoms with Gasteiger partial charge in [-0.2, -0.15) is 0 Å². The average Bonchev–Trinajstić information content (AvgIpc) is 2.76. The Labute approximate surface area is 113 Å². The van der Waals surface area contributed by atoms with Gasteiger partial charge in [-0.15, -0.1) is 0 Å². The lowest BCUT2D eigenvalue weighted by atomic mass is 9.92. The third-order valence-corrected chi connectivity index (χ3v) is 4.27. The molecule has 2 rings (SSSR count). The number of aryl methyl sites for hydroxylation is 1. The molecule has 4 heteroatoms. The van der Waals surface area contributed by atoms with Crippen LogP contribution in [0, 0.1) is 12.7 Å². The molecule has 1 saturated heterocycles. The number of carbonyl (C=O) groups is 1. The molecule has 1 fully saturated rings. The standard InChI is InChI=1S/C15H20FNO2/c1-3-15(14(18)19)7-4-8-17(15)10-12-5-6-13(16)9-11(12)2/h5-6,9H,3-4,7-8,10H2,1-2H3,(H,18,19). The molecular formula is C15H20FNO2. The van der Waals surface area contributed by atoms with Gasteiger partial charge in [0.25, 0.3) is 0 Å². The van der Waals surface area contributed by atoms with E-state index < -0.39 is 11.5 Å². The number of halogens is 1. The Morgan fingerprint density at radius 3 is 2.84 bits per heavy atom. The van der Waals surface area contributed by atoms with Crippen molar-refractivity contribution in [3.63, 3.8) is 0 Å². The molecule has 1 heterocycles. The smallest absolute Gasteiger partial charge is 0.324 e. The number of aliphatic carboxylic acids is 1. The zero-order valence-corrected chi connectivity index (χ0v) is 11.4. The second-order valence-electron chi connectivity index (χ2n) is 5.29. The lowest BCUT2D eigenvalue weighted by molar-refractivity contribution is -0.150. The van der Waals surface area contributed by atoms with Crippen LogP contribution in [-0.2, 0) is 11.3 Å². The van der Waals surface area contributed by atoms with Crippen LogP contribution in [0.2, 0.25) is 0 Å². The summed E-state index contributed by atoms with van der Waals surface area (Å²) in [5, 5.41) is 9.52. The van der Waals surface area contributed by atoms with Gasteiger partial charge in [0.05, 0.1) is 0 Å². The average molecular weight is 265 g/mol. The molecule has 1 aliphatic heterocycles. The van der Waals surface area contributed by atoms with Crippen LogP contribution in [0.25, 0.3) is 0 Å².